The summed E-state index contributed by atoms with van der Waals surface area (Å²) in [5.74, 6) is 0. The minimum atomic E-state index is 0.333. The molecule has 0 unspecified atom stereocenters. The standard InChI is InChI=1S/C8H19NO2/c1-8(2)11-7-5-9-4-6-10-3/h8-9H,4-7H2,1-3H3. The molecule has 0 rings (SSSR count). The molecule has 0 aliphatic heterocycles. The average Bonchev–Trinajstić information content (AvgIpc) is 1.96. The molecule has 0 saturated carbocycles. The van der Waals surface area contributed by atoms with Gasteiger partial charge in [-0.1, -0.05) is 0 Å². The van der Waals surface area contributed by atoms with Gasteiger partial charge in [0.15, 0.2) is 0 Å². The molecule has 0 spiro atoms. The Labute approximate surface area is 69.1 Å². The highest BCUT2D eigenvalue weighted by atomic mass is 16.5. The van der Waals surface area contributed by atoms with Crippen LogP contribution < -0.4 is 5.32 Å². The molecule has 0 bridgehead atoms. The first-order chi connectivity index (χ1) is 5.27. The van der Waals surface area contributed by atoms with Gasteiger partial charge < -0.3 is 14.8 Å². The summed E-state index contributed by atoms with van der Waals surface area (Å²) in [4.78, 5) is 0. The van der Waals surface area contributed by atoms with Crippen LogP contribution in [0.4, 0.5) is 0 Å². The third-order valence-corrected chi connectivity index (χ3v) is 1.21. The lowest BCUT2D eigenvalue weighted by molar-refractivity contribution is 0.0796. The predicted octanol–water partition coefficient (Wildman–Crippen LogP) is 0.647. The normalized spacial score (nSPS) is 10.9. The van der Waals surface area contributed by atoms with E-state index >= 15 is 0 Å². The van der Waals surface area contributed by atoms with Crippen LogP contribution in [0.1, 0.15) is 13.8 Å². The van der Waals surface area contributed by atoms with E-state index in [0.717, 1.165) is 26.3 Å². The minimum Gasteiger partial charge on any atom is -0.383 e. The van der Waals surface area contributed by atoms with E-state index < -0.39 is 0 Å². The fourth-order valence-corrected chi connectivity index (χ4v) is 0.666. The molecule has 0 fully saturated rings. The second-order valence-electron chi connectivity index (χ2n) is 2.66. The second-order valence-corrected chi connectivity index (χ2v) is 2.66. The Morgan fingerprint density at radius 1 is 1.18 bits per heavy atom. The molecule has 1 N–H and O–H groups in total. The molecular formula is C8H19NO2. The first-order valence-corrected chi connectivity index (χ1v) is 4.08. The van der Waals surface area contributed by atoms with Gasteiger partial charge in [0.2, 0.25) is 0 Å². The highest BCUT2D eigenvalue weighted by Crippen LogP contribution is 1.84. The molecule has 68 valence electrons. The summed E-state index contributed by atoms with van der Waals surface area (Å²) in [7, 11) is 1.70. The van der Waals surface area contributed by atoms with Gasteiger partial charge in [0, 0.05) is 20.2 Å². The third-order valence-electron chi connectivity index (χ3n) is 1.21. The molecule has 0 atom stereocenters. The Balaban J connectivity index is 2.80. The second kappa shape index (κ2) is 7.98. The predicted molar refractivity (Wildman–Crippen MR) is 45.8 cm³/mol. The summed E-state index contributed by atoms with van der Waals surface area (Å²) in [6.45, 7) is 7.42. The van der Waals surface area contributed by atoms with Gasteiger partial charge in [-0.3, -0.25) is 0 Å². The lowest BCUT2D eigenvalue weighted by Gasteiger charge is -2.07. The van der Waals surface area contributed by atoms with Gasteiger partial charge in [-0.15, -0.1) is 0 Å². The number of methoxy groups -OCH3 is 1. The summed E-state index contributed by atoms with van der Waals surface area (Å²) in [6.07, 6.45) is 0.333. The zero-order valence-corrected chi connectivity index (χ0v) is 7.72. The maximum Gasteiger partial charge on any atom is 0.0594 e. The highest BCUT2D eigenvalue weighted by molar-refractivity contribution is 4.45. The Bertz CT molecular complexity index is 76.5. The monoisotopic (exact) mass is 161 g/mol. The van der Waals surface area contributed by atoms with Crippen molar-refractivity contribution in [3.05, 3.63) is 0 Å². The summed E-state index contributed by atoms with van der Waals surface area (Å²) >= 11 is 0. The van der Waals surface area contributed by atoms with Crippen LogP contribution >= 0.6 is 0 Å². The Morgan fingerprint density at radius 3 is 2.36 bits per heavy atom. The van der Waals surface area contributed by atoms with Crippen molar-refractivity contribution in [1.82, 2.24) is 5.32 Å². The van der Waals surface area contributed by atoms with Gasteiger partial charge in [-0.05, 0) is 13.8 Å². The van der Waals surface area contributed by atoms with E-state index in [1.807, 2.05) is 13.8 Å². The van der Waals surface area contributed by atoms with Gasteiger partial charge in [-0.2, -0.15) is 0 Å². The molecule has 0 amide bonds. The Hall–Kier alpha value is -0.120. The van der Waals surface area contributed by atoms with E-state index in [-0.39, 0.29) is 0 Å². The lowest BCUT2D eigenvalue weighted by Crippen LogP contribution is -2.24. The molecule has 0 heterocycles. The third kappa shape index (κ3) is 9.88. The summed E-state index contributed by atoms with van der Waals surface area (Å²) in [6, 6.07) is 0. The molecular weight excluding hydrogens is 142 g/mol. The minimum absolute atomic E-state index is 0.333. The van der Waals surface area contributed by atoms with Gasteiger partial charge in [-0.25, -0.2) is 0 Å². The highest BCUT2D eigenvalue weighted by Gasteiger charge is 1.91. The first kappa shape index (κ1) is 10.9. The molecule has 0 aromatic carbocycles. The van der Waals surface area contributed by atoms with Gasteiger partial charge in [0.25, 0.3) is 0 Å². The number of nitrogens with one attached hydrogen (secondary N) is 1. The van der Waals surface area contributed by atoms with E-state index in [4.69, 9.17) is 9.47 Å². The number of hydrogen-bond donors (Lipinski definition) is 1. The molecule has 0 aliphatic rings. The lowest BCUT2D eigenvalue weighted by atomic mass is 10.5. The van der Waals surface area contributed by atoms with Crippen molar-refractivity contribution in [2.75, 3.05) is 33.4 Å². The number of hydrogen-bond acceptors (Lipinski definition) is 3. The van der Waals surface area contributed by atoms with E-state index in [2.05, 4.69) is 5.32 Å². The summed E-state index contributed by atoms with van der Waals surface area (Å²) in [5, 5.41) is 3.19. The van der Waals surface area contributed by atoms with Crippen LogP contribution in [0.25, 0.3) is 0 Å². The van der Waals surface area contributed by atoms with Crippen LogP contribution in [0.3, 0.4) is 0 Å². The van der Waals surface area contributed by atoms with Crippen molar-refractivity contribution in [3.8, 4) is 0 Å². The fourth-order valence-electron chi connectivity index (χ4n) is 0.666. The molecule has 11 heavy (non-hydrogen) atoms. The zero-order chi connectivity index (χ0) is 8.53. The molecule has 0 aliphatic carbocycles. The van der Waals surface area contributed by atoms with Crippen molar-refractivity contribution in [1.29, 1.82) is 0 Å². The van der Waals surface area contributed by atoms with Crippen molar-refractivity contribution < 1.29 is 9.47 Å². The first-order valence-electron chi connectivity index (χ1n) is 4.08. The maximum absolute atomic E-state index is 5.32. The molecule has 0 aromatic rings. The Kier molecular flexibility index (Phi) is 7.89. The molecule has 3 heteroatoms. The van der Waals surface area contributed by atoms with E-state index in [1.54, 1.807) is 7.11 Å². The van der Waals surface area contributed by atoms with Crippen LogP contribution in [0.15, 0.2) is 0 Å². The summed E-state index contributed by atoms with van der Waals surface area (Å²) < 4.78 is 10.2. The van der Waals surface area contributed by atoms with E-state index in [9.17, 15) is 0 Å². The fraction of sp³-hybridized carbons (Fsp3) is 1.00. The zero-order valence-electron chi connectivity index (χ0n) is 7.72. The molecule has 0 radical (unpaired) electrons. The van der Waals surface area contributed by atoms with Crippen LogP contribution in [-0.2, 0) is 9.47 Å². The van der Waals surface area contributed by atoms with Crippen LogP contribution in [0.2, 0.25) is 0 Å². The SMILES string of the molecule is COCCNCCOC(C)C. The van der Waals surface area contributed by atoms with Gasteiger partial charge in [0.1, 0.15) is 0 Å². The quantitative estimate of drug-likeness (QED) is 0.556. The van der Waals surface area contributed by atoms with Crippen molar-refractivity contribution in [2.24, 2.45) is 0 Å². The maximum atomic E-state index is 5.32. The van der Waals surface area contributed by atoms with Crippen LogP contribution in [-0.4, -0.2) is 39.5 Å². The largest absolute Gasteiger partial charge is 0.383 e. The van der Waals surface area contributed by atoms with E-state index in [0.29, 0.717) is 6.10 Å². The van der Waals surface area contributed by atoms with Crippen LogP contribution in [0.5, 0.6) is 0 Å². The summed E-state index contributed by atoms with van der Waals surface area (Å²) in [5.41, 5.74) is 0. The van der Waals surface area contributed by atoms with Crippen LogP contribution in [0, 0.1) is 0 Å². The van der Waals surface area contributed by atoms with Gasteiger partial charge >= 0.3 is 0 Å². The number of ether oxygens (including phenoxy) is 2. The molecule has 0 saturated heterocycles. The van der Waals surface area contributed by atoms with Crippen molar-refractivity contribution in [2.45, 2.75) is 20.0 Å². The van der Waals surface area contributed by atoms with Crippen molar-refractivity contribution >= 4 is 0 Å². The van der Waals surface area contributed by atoms with E-state index in [1.165, 1.54) is 0 Å². The average molecular weight is 161 g/mol. The smallest absolute Gasteiger partial charge is 0.0594 e. The van der Waals surface area contributed by atoms with Gasteiger partial charge in [0.05, 0.1) is 19.3 Å². The Morgan fingerprint density at radius 2 is 1.82 bits per heavy atom. The number of rotatable bonds is 7. The van der Waals surface area contributed by atoms with Crippen molar-refractivity contribution in [3.63, 3.8) is 0 Å². The molecule has 0 aromatic heterocycles. The molecule has 3 nitrogen and oxygen atoms in total. The topological polar surface area (TPSA) is 30.5 Å².